The van der Waals surface area contributed by atoms with Crippen LogP contribution in [0.2, 0.25) is 0 Å². The maximum Gasteiger partial charge on any atom is 0.168 e. The molecule has 0 spiro atoms. The van der Waals surface area contributed by atoms with E-state index in [-0.39, 0.29) is 11.5 Å². The lowest BCUT2D eigenvalue weighted by Gasteiger charge is -2.18. The molecule has 1 fully saturated rings. The van der Waals surface area contributed by atoms with Crippen LogP contribution in [0.5, 0.6) is 0 Å². The predicted molar refractivity (Wildman–Crippen MR) is 127 cm³/mol. The minimum absolute atomic E-state index is 0.0245. The van der Waals surface area contributed by atoms with Gasteiger partial charge in [0, 0.05) is 12.8 Å². The van der Waals surface area contributed by atoms with Crippen molar-refractivity contribution in [1.29, 1.82) is 0 Å². The van der Waals surface area contributed by atoms with E-state index < -0.39 is 0 Å². The van der Waals surface area contributed by atoms with Crippen LogP contribution in [0.3, 0.4) is 0 Å². The van der Waals surface area contributed by atoms with Gasteiger partial charge in [-0.2, -0.15) is 0 Å². The van der Waals surface area contributed by atoms with E-state index >= 15 is 0 Å². The van der Waals surface area contributed by atoms with Crippen LogP contribution in [-0.2, 0) is 11.2 Å². The van der Waals surface area contributed by atoms with Crippen molar-refractivity contribution >= 4 is 38.7 Å². The van der Waals surface area contributed by atoms with Crippen molar-refractivity contribution in [2.75, 3.05) is 0 Å². The first kappa shape index (κ1) is 19.3. The summed E-state index contributed by atoms with van der Waals surface area (Å²) in [4.78, 5) is 17.6. The summed E-state index contributed by atoms with van der Waals surface area (Å²) < 4.78 is 0. The van der Waals surface area contributed by atoms with Gasteiger partial charge in [-0.05, 0) is 52.1 Å². The zero-order valence-electron chi connectivity index (χ0n) is 17.2. The van der Waals surface area contributed by atoms with Gasteiger partial charge in [-0.3, -0.25) is 9.79 Å². The zero-order chi connectivity index (χ0) is 21.2. The first-order valence-electron chi connectivity index (χ1n) is 10.7. The zero-order valence-corrected chi connectivity index (χ0v) is 17.2. The van der Waals surface area contributed by atoms with Gasteiger partial charge in [-0.25, -0.2) is 0 Å². The van der Waals surface area contributed by atoms with Gasteiger partial charge in [0.2, 0.25) is 0 Å². The van der Waals surface area contributed by atoms with Gasteiger partial charge in [0.05, 0.1) is 17.0 Å². The summed E-state index contributed by atoms with van der Waals surface area (Å²) in [6.07, 6.45) is 2.22. The number of hydrogen-bond acceptors (Lipinski definition) is 3. The number of ketones is 1. The smallest absolute Gasteiger partial charge is 0.168 e. The highest BCUT2D eigenvalue weighted by Gasteiger charge is 2.26. The Morgan fingerprint density at radius 2 is 1.55 bits per heavy atom. The number of Topliss-reactive ketones (excluding diaryl/α,β-unsaturated/α-hetero) is 1. The summed E-state index contributed by atoms with van der Waals surface area (Å²) >= 11 is 0. The molecule has 0 heterocycles. The molecule has 0 atom stereocenters. The Morgan fingerprint density at radius 1 is 0.806 bits per heavy atom. The third kappa shape index (κ3) is 3.87. The topological polar surface area (TPSA) is 49.7 Å². The lowest BCUT2D eigenvalue weighted by atomic mass is 9.88. The second-order valence-electron chi connectivity index (χ2n) is 8.00. The fourth-order valence-corrected chi connectivity index (χ4v) is 4.38. The summed E-state index contributed by atoms with van der Waals surface area (Å²) in [6.45, 7) is 0. The highest BCUT2D eigenvalue weighted by atomic mass is 16.3. The third-order valence-corrected chi connectivity index (χ3v) is 5.91. The Bertz CT molecular complexity index is 1360. The summed E-state index contributed by atoms with van der Waals surface area (Å²) in [5.41, 5.74) is 2.89. The molecule has 1 saturated carbocycles. The quantitative estimate of drug-likeness (QED) is 0.298. The maximum absolute atomic E-state index is 12.8. The molecular formula is C28H23NO2. The molecule has 0 saturated heterocycles. The third-order valence-electron chi connectivity index (χ3n) is 5.91. The minimum atomic E-state index is -0.0245. The molecule has 1 N–H and O–H groups in total. The molecule has 0 aromatic heterocycles. The lowest BCUT2D eigenvalue weighted by Crippen LogP contribution is -2.21. The number of hydrogen-bond donors (Lipinski definition) is 1. The molecule has 152 valence electrons. The Balaban J connectivity index is 1.56. The molecule has 0 bridgehead atoms. The highest BCUT2D eigenvalue weighted by molar-refractivity contribution is 6.24. The van der Waals surface area contributed by atoms with E-state index in [4.69, 9.17) is 4.99 Å². The van der Waals surface area contributed by atoms with E-state index in [1.54, 1.807) is 0 Å². The average Bonchev–Trinajstić information content (AvgIpc) is 2.79. The van der Waals surface area contributed by atoms with Gasteiger partial charge in [-0.1, -0.05) is 72.8 Å². The number of rotatable bonds is 3. The van der Waals surface area contributed by atoms with Gasteiger partial charge in [0.25, 0.3) is 0 Å². The van der Waals surface area contributed by atoms with E-state index in [0.717, 1.165) is 39.2 Å². The number of allylic oxidation sites excluding steroid dienone is 2. The van der Waals surface area contributed by atoms with E-state index in [0.29, 0.717) is 30.5 Å². The second kappa shape index (κ2) is 8.19. The van der Waals surface area contributed by atoms with Gasteiger partial charge in [0.15, 0.2) is 5.78 Å². The van der Waals surface area contributed by atoms with Crippen LogP contribution in [0.25, 0.3) is 21.5 Å². The second-order valence-corrected chi connectivity index (χ2v) is 8.00. The van der Waals surface area contributed by atoms with Crippen molar-refractivity contribution in [2.24, 2.45) is 4.99 Å². The summed E-state index contributed by atoms with van der Waals surface area (Å²) in [5, 5.41) is 15.5. The molecule has 1 aliphatic carbocycles. The van der Waals surface area contributed by atoms with Crippen molar-refractivity contribution in [3.63, 3.8) is 0 Å². The van der Waals surface area contributed by atoms with Crippen LogP contribution in [0.1, 0.15) is 24.8 Å². The van der Waals surface area contributed by atoms with Crippen molar-refractivity contribution in [1.82, 2.24) is 0 Å². The number of carbonyl (C=O) groups excluding carboxylic acids is 1. The molecule has 4 aromatic carbocycles. The average molecular weight is 405 g/mol. The fraction of sp³-hybridized carbons (Fsp3) is 0.143. The molecule has 31 heavy (non-hydrogen) atoms. The Morgan fingerprint density at radius 3 is 2.42 bits per heavy atom. The van der Waals surface area contributed by atoms with Gasteiger partial charge in [-0.15, -0.1) is 0 Å². The number of benzene rings is 4. The Hall–Kier alpha value is -3.72. The molecule has 1 aliphatic rings. The van der Waals surface area contributed by atoms with Crippen molar-refractivity contribution in [3.05, 3.63) is 102 Å². The molecule has 3 nitrogen and oxygen atoms in total. The van der Waals surface area contributed by atoms with Crippen molar-refractivity contribution in [2.45, 2.75) is 25.7 Å². The van der Waals surface area contributed by atoms with Gasteiger partial charge in [0.1, 0.15) is 5.76 Å². The summed E-state index contributed by atoms with van der Waals surface area (Å²) in [6, 6.07) is 28.3. The number of nitrogens with zero attached hydrogens (tertiary/aromatic N) is 1. The number of aliphatic hydroxyl groups is 1. The predicted octanol–water partition coefficient (Wildman–Crippen LogP) is 6.87. The fourth-order valence-electron chi connectivity index (χ4n) is 4.38. The maximum atomic E-state index is 12.8. The molecule has 0 aliphatic heterocycles. The monoisotopic (exact) mass is 405 g/mol. The number of aliphatic imine (C=N–C) groups is 1. The van der Waals surface area contributed by atoms with Crippen LogP contribution in [-0.4, -0.2) is 16.6 Å². The highest BCUT2D eigenvalue weighted by Crippen LogP contribution is 2.28. The normalized spacial score (nSPS) is 17.4. The first-order valence-corrected chi connectivity index (χ1v) is 10.7. The van der Waals surface area contributed by atoms with E-state index in [1.165, 1.54) is 0 Å². The summed E-state index contributed by atoms with van der Waals surface area (Å²) in [5.74, 6) is 0.0871. The van der Waals surface area contributed by atoms with Crippen molar-refractivity contribution < 1.29 is 9.90 Å². The Labute approximate surface area is 181 Å². The molecule has 0 amide bonds. The van der Waals surface area contributed by atoms with Gasteiger partial charge >= 0.3 is 0 Å². The molecule has 0 radical (unpaired) electrons. The van der Waals surface area contributed by atoms with Crippen LogP contribution in [0, 0.1) is 0 Å². The van der Waals surface area contributed by atoms with Crippen molar-refractivity contribution in [3.8, 4) is 0 Å². The molecule has 0 unspecified atom stereocenters. The first-order chi connectivity index (χ1) is 15.2. The minimum Gasteiger partial charge on any atom is -0.511 e. The van der Waals surface area contributed by atoms with Crippen LogP contribution >= 0.6 is 0 Å². The molecular weight excluding hydrogens is 382 g/mol. The van der Waals surface area contributed by atoms with E-state index in [2.05, 4.69) is 30.3 Å². The number of fused-ring (bicyclic) bond motifs is 2. The summed E-state index contributed by atoms with van der Waals surface area (Å²) in [7, 11) is 0. The van der Waals surface area contributed by atoms with E-state index in [1.807, 2.05) is 54.6 Å². The Kier molecular flexibility index (Phi) is 5.09. The molecule has 5 rings (SSSR count). The largest absolute Gasteiger partial charge is 0.511 e. The van der Waals surface area contributed by atoms with E-state index in [9.17, 15) is 9.90 Å². The van der Waals surface area contributed by atoms with Crippen LogP contribution in [0.15, 0.2) is 101 Å². The van der Waals surface area contributed by atoms with Crippen LogP contribution < -0.4 is 0 Å². The number of aliphatic hydroxyl groups excluding tert-OH is 1. The molecule has 4 aromatic rings. The number of carbonyl (C=O) groups is 1. The SMILES string of the molecule is O=C1CCCC(=Nc2ccc3ccccc3c2)/C1=C(\O)Cc1cccc2ccccc12. The molecule has 3 heteroatoms. The van der Waals surface area contributed by atoms with Gasteiger partial charge < -0.3 is 5.11 Å². The standard InChI is InChI=1S/C28H23NO2/c30-26-14-6-13-25(29-23-16-15-19-7-1-2-9-21(19)17-23)28(26)27(31)18-22-11-5-10-20-8-3-4-12-24(20)22/h1-5,7-12,15-17,31H,6,13-14,18H2/b28-27+,29-25?. The van der Waals surface area contributed by atoms with Crippen LogP contribution in [0.4, 0.5) is 5.69 Å². The lowest BCUT2D eigenvalue weighted by molar-refractivity contribution is -0.115.